The van der Waals surface area contributed by atoms with Gasteiger partial charge < -0.3 is 9.30 Å². The number of ether oxygens (including phenoxy) is 1. The summed E-state index contributed by atoms with van der Waals surface area (Å²) in [6.45, 7) is 5.04. The Kier molecular flexibility index (Phi) is 4.22. The summed E-state index contributed by atoms with van der Waals surface area (Å²) in [6.07, 6.45) is 0. The molecular formula is C15H20N4O3S. The fourth-order valence-corrected chi connectivity index (χ4v) is 4.42. The number of rotatable bonds is 4. The Bertz CT molecular complexity index is 799. The highest BCUT2D eigenvalue weighted by atomic mass is 32.2. The fraction of sp³-hybridized carbons (Fsp3) is 0.467. The molecule has 0 aliphatic carbocycles. The van der Waals surface area contributed by atoms with Crippen molar-refractivity contribution in [1.29, 1.82) is 0 Å². The van der Waals surface area contributed by atoms with E-state index in [1.807, 2.05) is 18.4 Å². The van der Waals surface area contributed by atoms with E-state index in [0.29, 0.717) is 30.4 Å². The van der Waals surface area contributed by atoms with Gasteiger partial charge in [-0.3, -0.25) is 0 Å². The summed E-state index contributed by atoms with van der Waals surface area (Å²) in [5, 5.41) is 8.26. The van der Waals surface area contributed by atoms with Crippen molar-refractivity contribution in [3.05, 3.63) is 41.5 Å². The van der Waals surface area contributed by atoms with E-state index in [0.717, 1.165) is 11.4 Å². The molecule has 0 bridgehead atoms. The smallest absolute Gasteiger partial charge is 0.243 e. The van der Waals surface area contributed by atoms with Gasteiger partial charge in [-0.05, 0) is 26.0 Å². The van der Waals surface area contributed by atoms with Crippen molar-refractivity contribution >= 4 is 10.0 Å². The molecule has 0 unspecified atom stereocenters. The van der Waals surface area contributed by atoms with E-state index >= 15 is 0 Å². The van der Waals surface area contributed by atoms with Crippen molar-refractivity contribution in [2.45, 2.75) is 37.9 Å². The monoisotopic (exact) mass is 336 g/mol. The van der Waals surface area contributed by atoms with Crippen LogP contribution in [0, 0.1) is 6.92 Å². The third-order valence-electron chi connectivity index (χ3n) is 4.11. The second-order valence-electron chi connectivity index (χ2n) is 5.66. The first-order valence-electron chi connectivity index (χ1n) is 7.44. The highest BCUT2D eigenvalue weighted by Gasteiger charge is 2.36. The zero-order valence-electron chi connectivity index (χ0n) is 13.4. The molecule has 0 N–H and O–H groups in total. The first-order valence-corrected chi connectivity index (χ1v) is 8.88. The Balaban J connectivity index is 1.94. The molecule has 0 amide bonds. The second kappa shape index (κ2) is 6.03. The Hall–Kier alpha value is -1.77. The summed E-state index contributed by atoms with van der Waals surface area (Å²) in [4.78, 5) is 0.306. The quantitative estimate of drug-likeness (QED) is 0.845. The molecule has 1 aromatic carbocycles. The van der Waals surface area contributed by atoms with Crippen LogP contribution in [-0.4, -0.2) is 41.1 Å². The van der Waals surface area contributed by atoms with E-state index in [4.69, 9.17) is 4.74 Å². The molecule has 8 heteroatoms. The van der Waals surface area contributed by atoms with E-state index in [9.17, 15) is 8.42 Å². The maximum absolute atomic E-state index is 12.9. The highest BCUT2D eigenvalue weighted by Crippen LogP contribution is 2.30. The molecular weight excluding hydrogens is 316 g/mol. The second-order valence-corrected chi connectivity index (χ2v) is 7.55. The van der Waals surface area contributed by atoms with E-state index < -0.39 is 10.0 Å². The van der Waals surface area contributed by atoms with Crippen molar-refractivity contribution in [2.75, 3.05) is 13.7 Å². The van der Waals surface area contributed by atoms with Crippen LogP contribution in [0.4, 0.5) is 0 Å². The van der Waals surface area contributed by atoms with Crippen LogP contribution >= 0.6 is 0 Å². The lowest BCUT2D eigenvalue weighted by Gasteiger charge is -2.32. The SMILES string of the molecule is COCc1nnc2n1CCN(S(=O)(=O)c1ccc(C)cc1)[C@H]2C. The van der Waals surface area contributed by atoms with Crippen LogP contribution in [0.2, 0.25) is 0 Å². The van der Waals surface area contributed by atoms with Gasteiger partial charge in [-0.25, -0.2) is 8.42 Å². The standard InChI is InChI=1S/C15H20N4O3S/c1-11-4-6-13(7-5-11)23(20,21)19-9-8-18-14(10-22-3)16-17-15(18)12(19)2/h4-7,12H,8-10H2,1-3H3/t12-/m0/s1. The average Bonchev–Trinajstić information content (AvgIpc) is 2.92. The van der Waals surface area contributed by atoms with Gasteiger partial charge in [-0.1, -0.05) is 17.7 Å². The summed E-state index contributed by atoms with van der Waals surface area (Å²) in [7, 11) is -1.95. The lowest BCUT2D eigenvalue weighted by Crippen LogP contribution is -2.41. The zero-order valence-corrected chi connectivity index (χ0v) is 14.2. The number of aryl methyl sites for hydroxylation is 1. The molecule has 1 atom stereocenters. The Morgan fingerprint density at radius 1 is 1.22 bits per heavy atom. The predicted octanol–water partition coefficient (Wildman–Crippen LogP) is 1.50. The van der Waals surface area contributed by atoms with E-state index in [1.54, 1.807) is 31.4 Å². The van der Waals surface area contributed by atoms with Crippen LogP contribution in [0.3, 0.4) is 0 Å². The molecule has 124 valence electrons. The molecule has 0 fully saturated rings. The third-order valence-corrected chi connectivity index (χ3v) is 6.09. The Morgan fingerprint density at radius 3 is 2.57 bits per heavy atom. The van der Waals surface area contributed by atoms with Crippen LogP contribution in [0.1, 0.15) is 30.2 Å². The first-order chi connectivity index (χ1) is 10.9. The predicted molar refractivity (Wildman–Crippen MR) is 84.2 cm³/mol. The number of methoxy groups -OCH3 is 1. The molecule has 2 aromatic rings. The number of hydrogen-bond donors (Lipinski definition) is 0. The Morgan fingerprint density at radius 2 is 1.91 bits per heavy atom. The van der Waals surface area contributed by atoms with Crippen LogP contribution in [0.25, 0.3) is 0 Å². The molecule has 0 radical (unpaired) electrons. The summed E-state index contributed by atoms with van der Waals surface area (Å²) in [5.41, 5.74) is 1.03. The zero-order chi connectivity index (χ0) is 16.6. The van der Waals surface area contributed by atoms with Gasteiger partial charge in [0.1, 0.15) is 6.61 Å². The first kappa shape index (κ1) is 16.1. The van der Waals surface area contributed by atoms with Gasteiger partial charge in [0, 0.05) is 20.2 Å². The van der Waals surface area contributed by atoms with E-state index in [-0.39, 0.29) is 6.04 Å². The number of sulfonamides is 1. The average molecular weight is 336 g/mol. The minimum Gasteiger partial charge on any atom is -0.377 e. The van der Waals surface area contributed by atoms with Gasteiger partial charge in [0.15, 0.2) is 11.6 Å². The van der Waals surface area contributed by atoms with Crippen molar-refractivity contribution in [2.24, 2.45) is 0 Å². The topological polar surface area (TPSA) is 77.3 Å². The van der Waals surface area contributed by atoms with Gasteiger partial charge >= 0.3 is 0 Å². The minimum absolute atomic E-state index is 0.306. The number of aromatic nitrogens is 3. The lowest BCUT2D eigenvalue weighted by molar-refractivity contribution is 0.170. The van der Waals surface area contributed by atoms with Gasteiger partial charge in [-0.15, -0.1) is 10.2 Å². The van der Waals surface area contributed by atoms with E-state index in [2.05, 4.69) is 10.2 Å². The normalized spacial score (nSPS) is 18.8. The summed E-state index contributed by atoms with van der Waals surface area (Å²) in [6, 6.07) is 6.54. The van der Waals surface area contributed by atoms with Gasteiger partial charge in [-0.2, -0.15) is 4.31 Å². The fourth-order valence-electron chi connectivity index (χ4n) is 2.83. The van der Waals surface area contributed by atoms with Crippen LogP contribution in [0.15, 0.2) is 29.2 Å². The number of nitrogens with zero attached hydrogens (tertiary/aromatic N) is 4. The van der Waals surface area contributed by atoms with Crippen LogP contribution in [0.5, 0.6) is 0 Å². The largest absolute Gasteiger partial charge is 0.377 e. The van der Waals surface area contributed by atoms with Crippen molar-refractivity contribution in [1.82, 2.24) is 19.1 Å². The third kappa shape index (κ3) is 2.77. The maximum Gasteiger partial charge on any atom is 0.243 e. The van der Waals surface area contributed by atoms with Crippen molar-refractivity contribution in [3.8, 4) is 0 Å². The molecule has 2 heterocycles. The summed E-state index contributed by atoms with van der Waals surface area (Å²) in [5.74, 6) is 1.38. The Labute approximate surface area is 135 Å². The molecule has 0 spiro atoms. The summed E-state index contributed by atoms with van der Waals surface area (Å²) >= 11 is 0. The molecule has 23 heavy (non-hydrogen) atoms. The lowest BCUT2D eigenvalue weighted by atomic mass is 10.2. The minimum atomic E-state index is -3.55. The maximum atomic E-state index is 12.9. The highest BCUT2D eigenvalue weighted by molar-refractivity contribution is 7.89. The molecule has 0 saturated carbocycles. The van der Waals surface area contributed by atoms with Gasteiger partial charge in [0.25, 0.3) is 0 Å². The van der Waals surface area contributed by atoms with Crippen LogP contribution in [-0.2, 0) is 27.9 Å². The van der Waals surface area contributed by atoms with Crippen molar-refractivity contribution < 1.29 is 13.2 Å². The molecule has 3 rings (SSSR count). The molecule has 1 aliphatic rings. The number of fused-ring (bicyclic) bond motifs is 1. The number of benzene rings is 1. The summed E-state index contributed by atoms with van der Waals surface area (Å²) < 4.78 is 34.3. The molecule has 1 aliphatic heterocycles. The molecule has 1 aromatic heterocycles. The van der Waals surface area contributed by atoms with Gasteiger partial charge in [0.2, 0.25) is 10.0 Å². The van der Waals surface area contributed by atoms with Crippen LogP contribution < -0.4 is 0 Å². The molecule has 7 nitrogen and oxygen atoms in total. The molecule has 0 saturated heterocycles. The van der Waals surface area contributed by atoms with Crippen molar-refractivity contribution in [3.63, 3.8) is 0 Å². The van der Waals surface area contributed by atoms with Gasteiger partial charge in [0.05, 0.1) is 10.9 Å². The number of hydrogen-bond acceptors (Lipinski definition) is 5. The van der Waals surface area contributed by atoms with E-state index in [1.165, 1.54) is 4.31 Å².